The van der Waals surface area contributed by atoms with E-state index in [2.05, 4.69) is 27.8 Å². The van der Waals surface area contributed by atoms with Crippen LogP contribution in [0.1, 0.15) is 29.5 Å². The molecule has 0 aliphatic carbocycles. The maximum absolute atomic E-state index is 12.0. The summed E-state index contributed by atoms with van der Waals surface area (Å²) in [7, 11) is 5.04. The molecule has 0 aromatic heterocycles. The van der Waals surface area contributed by atoms with Crippen molar-refractivity contribution in [2.24, 2.45) is 4.99 Å². The molecular formula is C24H32N4O3. The number of amides is 1. The van der Waals surface area contributed by atoms with Gasteiger partial charge in [-0.3, -0.25) is 9.79 Å². The van der Waals surface area contributed by atoms with Crippen LogP contribution in [0.2, 0.25) is 0 Å². The molecule has 3 rings (SSSR count). The van der Waals surface area contributed by atoms with Crippen LogP contribution in [-0.4, -0.2) is 51.1 Å². The summed E-state index contributed by atoms with van der Waals surface area (Å²) in [6.45, 7) is 2.90. The van der Waals surface area contributed by atoms with Crippen molar-refractivity contribution in [2.75, 3.05) is 34.4 Å². The van der Waals surface area contributed by atoms with Crippen molar-refractivity contribution < 1.29 is 14.3 Å². The Morgan fingerprint density at radius 1 is 1.06 bits per heavy atom. The van der Waals surface area contributed by atoms with Crippen LogP contribution in [0.3, 0.4) is 0 Å². The summed E-state index contributed by atoms with van der Waals surface area (Å²) < 4.78 is 10.7. The number of nitrogens with zero attached hydrogens (tertiary/aromatic N) is 2. The molecule has 0 atom stereocenters. The molecular weight excluding hydrogens is 392 g/mol. The van der Waals surface area contributed by atoms with E-state index in [1.807, 2.05) is 35.2 Å². The number of ether oxygens (including phenoxy) is 2. The van der Waals surface area contributed by atoms with Gasteiger partial charge >= 0.3 is 0 Å². The molecule has 7 nitrogen and oxygen atoms in total. The van der Waals surface area contributed by atoms with Gasteiger partial charge in [0.05, 0.1) is 14.2 Å². The Morgan fingerprint density at radius 3 is 2.52 bits per heavy atom. The number of hydrogen-bond donors (Lipinski definition) is 2. The van der Waals surface area contributed by atoms with Gasteiger partial charge in [0.1, 0.15) is 0 Å². The molecule has 31 heavy (non-hydrogen) atoms. The zero-order valence-corrected chi connectivity index (χ0v) is 18.6. The largest absolute Gasteiger partial charge is 0.493 e. The van der Waals surface area contributed by atoms with Gasteiger partial charge in [0.2, 0.25) is 5.91 Å². The molecule has 1 amide bonds. The highest BCUT2D eigenvalue weighted by Gasteiger charge is 2.20. The van der Waals surface area contributed by atoms with Crippen LogP contribution >= 0.6 is 0 Å². The van der Waals surface area contributed by atoms with Gasteiger partial charge in [-0.1, -0.05) is 30.3 Å². The van der Waals surface area contributed by atoms with Gasteiger partial charge in [-0.05, 0) is 41.7 Å². The van der Waals surface area contributed by atoms with Crippen molar-refractivity contribution in [1.82, 2.24) is 15.5 Å². The zero-order valence-electron chi connectivity index (χ0n) is 18.6. The van der Waals surface area contributed by atoms with Gasteiger partial charge in [-0.25, -0.2) is 0 Å². The fourth-order valence-electron chi connectivity index (χ4n) is 3.72. The molecule has 2 aromatic rings. The molecule has 0 unspecified atom stereocenters. The number of carbonyl (C=O) groups excluding carboxylic acids is 1. The van der Waals surface area contributed by atoms with Gasteiger partial charge in [0.15, 0.2) is 17.5 Å². The molecule has 0 saturated carbocycles. The van der Waals surface area contributed by atoms with E-state index in [9.17, 15) is 4.79 Å². The minimum Gasteiger partial charge on any atom is -0.493 e. The Bertz CT molecular complexity index is 913. The summed E-state index contributed by atoms with van der Waals surface area (Å²) in [5.74, 6) is 2.45. The lowest BCUT2D eigenvalue weighted by Crippen LogP contribution is -2.38. The molecule has 0 spiro atoms. The molecule has 1 fully saturated rings. The second-order valence-corrected chi connectivity index (χ2v) is 7.48. The third-order valence-corrected chi connectivity index (χ3v) is 5.47. The van der Waals surface area contributed by atoms with Crippen molar-refractivity contribution in [2.45, 2.75) is 32.4 Å². The average Bonchev–Trinajstić information content (AvgIpc) is 3.21. The minimum absolute atomic E-state index is 0.246. The van der Waals surface area contributed by atoms with E-state index in [0.29, 0.717) is 19.5 Å². The van der Waals surface area contributed by atoms with Crippen LogP contribution in [0.25, 0.3) is 0 Å². The minimum atomic E-state index is 0.246. The van der Waals surface area contributed by atoms with Crippen LogP contribution in [0.15, 0.2) is 47.5 Å². The monoisotopic (exact) mass is 424 g/mol. The fourth-order valence-corrected chi connectivity index (χ4v) is 3.72. The summed E-state index contributed by atoms with van der Waals surface area (Å²) in [4.78, 5) is 18.2. The van der Waals surface area contributed by atoms with Crippen molar-refractivity contribution in [3.8, 4) is 11.5 Å². The lowest BCUT2D eigenvalue weighted by atomic mass is 10.1. The lowest BCUT2D eigenvalue weighted by Gasteiger charge is -2.19. The van der Waals surface area contributed by atoms with E-state index in [1.165, 1.54) is 11.1 Å². The molecule has 7 heteroatoms. The summed E-state index contributed by atoms with van der Waals surface area (Å²) >= 11 is 0. The number of rotatable bonds is 9. The number of nitrogens with one attached hydrogen (secondary N) is 2. The van der Waals surface area contributed by atoms with E-state index >= 15 is 0 Å². The van der Waals surface area contributed by atoms with E-state index in [0.717, 1.165) is 49.0 Å². The van der Waals surface area contributed by atoms with E-state index < -0.39 is 0 Å². The number of aliphatic imine (C=N–C) groups is 1. The lowest BCUT2D eigenvalue weighted by molar-refractivity contribution is -0.128. The molecule has 1 aliphatic rings. The van der Waals surface area contributed by atoms with Crippen LogP contribution < -0.4 is 20.1 Å². The molecule has 166 valence electrons. The van der Waals surface area contributed by atoms with Crippen molar-refractivity contribution in [1.29, 1.82) is 0 Å². The third kappa shape index (κ3) is 6.13. The topological polar surface area (TPSA) is 75.2 Å². The van der Waals surface area contributed by atoms with E-state index in [-0.39, 0.29) is 5.91 Å². The molecule has 1 aliphatic heterocycles. The van der Waals surface area contributed by atoms with Gasteiger partial charge in [-0.15, -0.1) is 0 Å². The van der Waals surface area contributed by atoms with Gasteiger partial charge < -0.3 is 25.0 Å². The van der Waals surface area contributed by atoms with Crippen LogP contribution in [0.4, 0.5) is 0 Å². The standard InChI is InChI=1S/C24H32N4O3/c1-25-24(26-13-12-18-10-11-21(30-2)22(15-18)31-3)27-16-19-7-4-5-8-20(19)17-28-14-6-9-23(28)29/h4-5,7-8,10-11,15H,6,9,12-14,16-17H2,1-3H3,(H2,25,26,27). The highest BCUT2D eigenvalue weighted by molar-refractivity contribution is 5.79. The van der Waals surface area contributed by atoms with Crippen molar-refractivity contribution in [3.63, 3.8) is 0 Å². The SMILES string of the molecule is CN=C(NCCc1ccc(OC)c(OC)c1)NCc1ccccc1CN1CCCC1=O. The third-order valence-electron chi connectivity index (χ3n) is 5.47. The molecule has 0 bridgehead atoms. The predicted octanol–water partition coefficient (Wildman–Crippen LogP) is 2.73. The first-order valence-corrected chi connectivity index (χ1v) is 10.6. The van der Waals surface area contributed by atoms with E-state index in [1.54, 1.807) is 21.3 Å². The first-order chi connectivity index (χ1) is 15.1. The van der Waals surface area contributed by atoms with E-state index in [4.69, 9.17) is 9.47 Å². The molecule has 1 heterocycles. The highest BCUT2D eigenvalue weighted by Crippen LogP contribution is 2.27. The van der Waals surface area contributed by atoms with Crippen molar-refractivity contribution in [3.05, 3.63) is 59.2 Å². The first kappa shape index (κ1) is 22.5. The Hall–Kier alpha value is -3.22. The molecule has 1 saturated heterocycles. The molecule has 2 aromatic carbocycles. The predicted molar refractivity (Wildman–Crippen MR) is 123 cm³/mol. The Balaban J connectivity index is 1.51. The number of carbonyl (C=O) groups is 1. The number of methoxy groups -OCH3 is 2. The number of guanidine groups is 1. The maximum Gasteiger partial charge on any atom is 0.222 e. The zero-order chi connectivity index (χ0) is 22.1. The summed E-state index contributed by atoms with van der Waals surface area (Å²) in [6.07, 6.45) is 2.45. The summed E-state index contributed by atoms with van der Waals surface area (Å²) in [5, 5.41) is 6.74. The van der Waals surface area contributed by atoms with Gasteiger partial charge in [-0.2, -0.15) is 0 Å². The number of hydrogen-bond acceptors (Lipinski definition) is 4. The fraction of sp³-hybridized carbons (Fsp3) is 0.417. The Morgan fingerprint density at radius 2 is 1.84 bits per heavy atom. The second-order valence-electron chi connectivity index (χ2n) is 7.48. The first-order valence-electron chi connectivity index (χ1n) is 10.6. The van der Waals surface area contributed by atoms with Crippen LogP contribution in [-0.2, 0) is 24.3 Å². The average molecular weight is 425 g/mol. The Labute approximate surface area is 184 Å². The smallest absolute Gasteiger partial charge is 0.222 e. The van der Waals surface area contributed by atoms with Crippen LogP contribution in [0.5, 0.6) is 11.5 Å². The second kappa shape index (κ2) is 11.2. The van der Waals surface area contributed by atoms with Crippen LogP contribution in [0, 0.1) is 0 Å². The maximum atomic E-state index is 12.0. The quantitative estimate of drug-likeness (QED) is 0.478. The molecule has 2 N–H and O–H groups in total. The van der Waals surface area contributed by atoms with Gasteiger partial charge in [0, 0.05) is 39.6 Å². The number of likely N-dealkylation sites (tertiary alicyclic amines) is 1. The van der Waals surface area contributed by atoms with Crippen molar-refractivity contribution >= 4 is 11.9 Å². The highest BCUT2D eigenvalue weighted by atomic mass is 16.5. The number of benzene rings is 2. The molecule has 0 radical (unpaired) electrons. The normalized spacial score (nSPS) is 14.0. The summed E-state index contributed by atoms with van der Waals surface area (Å²) in [5.41, 5.74) is 3.50. The summed E-state index contributed by atoms with van der Waals surface area (Å²) in [6, 6.07) is 14.2. The van der Waals surface area contributed by atoms with Gasteiger partial charge in [0.25, 0.3) is 0 Å². The Kier molecular flexibility index (Phi) is 8.15.